The second kappa shape index (κ2) is 3.34. The third-order valence-corrected chi connectivity index (χ3v) is 2.59. The highest BCUT2D eigenvalue weighted by atomic mass is 79.9. The third kappa shape index (κ3) is 1.52. The number of methoxy groups -OCH3 is 1. The molecule has 13 heavy (non-hydrogen) atoms. The Morgan fingerprint density at radius 2 is 2.15 bits per heavy atom. The van der Waals surface area contributed by atoms with Gasteiger partial charge in [-0.15, -0.1) is 0 Å². The molecule has 0 unspecified atom stereocenters. The molecule has 0 saturated carbocycles. The van der Waals surface area contributed by atoms with E-state index in [9.17, 15) is 0 Å². The molecular weight excluding hydrogens is 230 g/mol. The highest BCUT2D eigenvalue weighted by Gasteiger charge is 2.00. The van der Waals surface area contributed by atoms with Gasteiger partial charge in [-0.3, -0.25) is 4.98 Å². The first-order valence-corrected chi connectivity index (χ1v) is 4.69. The van der Waals surface area contributed by atoms with Crippen molar-refractivity contribution in [1.82, 2.24) is 4.98 Å². The molecule has 0 aliphatic carbocycles. The topological polar surface area (TPSA) is 22.1 Å². The maximum absolute atomic E-state index is 5.13. The second-order valence-corrected chi connectivity index (χ2v) is 3.53. The minimum atomic E-state index is 0.848. The number of ether oxygens (including phenoxy) is 1. The van der Waals surface area contributed by atoms with Gasteiger partial charge in [-0.25, -0.2) is 0 Å². The van der Waals surface area contributed by atoms with Gasteiger partial charge in [0.25, 0.3) is 0 Å². The van der Waals surface area contributed by atoms with Crippen molar-refractivity contribution in [3.8, 4) is 5.75 Å². The zero-order valence-corrected chi connectivity index (χ0v) is 8.71. The van der Waals surface area contributed by atoms with Gasteiger partial charge in [0.15, 0.2) is 0 Å². The van der Waals surface area contributed by atoms with Crippen LogP contribution in [0.3, 0.4) is 0 Å². The lowest BCUT2D eigenvalue weighted by atomic mass is 10.2. The SMILES string of the molecule is COc1ccc2nccc(Br)c2c1. The number of hydrogen-bond donors (Lipinski definition) is 0. The van der Waals surface area contributed by atoms with Gasteiger partial charge in [0.2, 0.25) is 0 Å². The Balaban J connectivity index is 2.74. The fourth-order valence-corrected chi connectivity index (χ4v) is 1.65. The van der Waals surface area contributed by atoms with Gasteiger partial charge >= 0.3 is 0 Å². The van der Waals surface area contributed by atoms with Crippen molar-refractivity contribution in [2.45, 2.75) is 0 Å². The minimum Gasteiger partial charge on any atom is -0.497 e. The molecule has 1 aromatic carbocycles. The van der Waals surface area contributed by atoms with E-state index in [0.717, 1.165) is 21.1 Å². The Morgan fingerprint density at radius 3 is 2.92 bits per heavy atom. The molecule has 0 fully saturated rings. The van der Waals surface area contributed by atoms with Gasteiger partial charge in [-0.05, 0) is 24.3 Å². The van der Waals surface area contributed by atoms with Crippen LogP contribution in [0.15, 0.2) is 34.9 Å². The molecule has 0 atom stereocenters. The molecule has 1 aromatic heterocycles. The largest absolute Gasteiger partial charge is 0.497 e. The lowest BCUT2D eigenvalue weighted by Crippen LogP contribution is -1.84. The van der Waals surface area contributed by atoms with Crippen LogP contribution in [0, 0.1) is 0 Å². The van der Waals surface area contributed by atoms with Crippen molar-refractivity contribution in [1.29, 1.82) is 0 Å². The summed E-state index contributed by atoms with van der Waals surface area (Å²) in [5.74, 6) is 0.848. The zero-order valence-electron chi connectivity index (χ0n) is 7.12. The van der Waals surface area contributed by atoms with E-state index in [0.29, 0.717) is 0 Å². The van der Waals surface area contributed by atoms with E-state index in [4.69, 9.17) is 4.74 Å². The van der Waals surface area contributed by atoms with Gasteiger partial charge in [-0.2, -0.15) is 0 Å². The van der Waals surface area contributed by atoms with Crippen molar-refractivity contribution in [2.24, 2.45) is 0 Å². The summed E-state index contributed by atoms with van der Waals surface area (Å²) in [6, 6.07) is 7.73. The molecule has 0 aliphatic rings. The molecule has 2 nitrogen and oxygen atoms in total. The van der Waals surface area contributed by atoms with Crippen LogP contribution in [0.4, 0.5) is 0 Å². The number of hydrogen-bond acceptors (Lipinski definition) is 2. The van der Waals surface area contributed by atoms with Crippen molar-refractivity contribution in [3.63, 3.8) is 0 Å². The summed E-state index contributed by atoms with van der Waals surface area (Å²) in [5, 5.41) is 1.07. The molecule has 3 heteroatoms. The van der Waals surface area contributed by atoms with Gasteiger partial charge in [0.1, 0.15) is 5.75 Å². The fraction of sp³-hybridized carbons (Fsp3) is 0.100. The average molecular weight is 238 g/mol. The predicted molar refractivity (Wildman–Crippen MR) is 56.0 cm³/mol. The van der Waals surface area contributed by atoms with Crippen LogP contribution in [0.1, 0.15) is 0 Å². The molecule has 0 radical (unpaired) electrons. The number of rotatable bonds is 1. The smallest absolute Gasteiger partial charge is 0.119 e. The minimum absolute atomic E-state index is 0.848. The van der Waals surface area contributed by atoms with Crippen LogP contribution >= 0.6 is 15.9 Å². The van der Waals surface area contributed by atoms with Crippen LogP contribution in [0.25, 0.3) is 10.9 Å². The van der Waals surface area contributed by atoms with E-state index < -0.39 is 0 Å². The van der Waals surface area contributed by atoms with Gasteiger partial charge in [-0.1, -0.05) is 15.9 Å². The van der Waals surface area contributed by atoms with E-state index in [2.05, 4.69) is 20.9 Å². The first-order valence-electron chi connectivity index (χ1n) is 3.89. The number of aromatic nitrogens is 1. The maximum atomic E-state index is 5.13. The Morgan fingerprint density at radius 1 is 1.31 bits per heavy atom. The van der Waals surface area contributed by atoms with E-state index in [1.54, 1.807) is 13.3 Å². The summed E-state index contributed by atoms with van der Waals surface area (Å²) in [6.07, 6.45) is 1.78. The summed E-state index contributed by atoms with van der Waals surface area (Å²) in [5.41, 5.74) is 0.968. The molecule has 0 aliphatic heterocycles. The number of pyridine rings is 1. The number of halogens is 1. The Hall–Kier alpha value is -1.09. The normalized spacial score (nSPS) is 10.3. The lowest BCUT2D eigenvalue weighted by Gasteiger charge is -2.02. The summed E-state index contributed by atoms with van der Waals surface area (Å²) in [4.78, 5) is 4.23. The number of benzene rings is 1. The summed E-state index contributed by atoms with van der Waals surface area (Å²) in [6.45, 7) is 0. The molecule has 2 aromatic rings. The summed E-state index contributed by atoms with van der Waals surface area (Å²) in [7, 11) is 1.66. The summed E-state index contributed by atoms with van der Waals surface area (Å²) >= 11 is 3.46. The van der Waals surface area contributed by atoms with Crippen LogP contribution in [-0.2, 0) is 0 Å². The molecule has 0 bridgehead atoms. The maximum Gasteiger partial charge on any atom is 0.119 e. The van der Waals surface area contributed by atoms with Gasteiger partial charge in [0, 0.05) is 16.1 Å². The molecule has 0 spiro atoms. The Bertz CT molecular complexity index is 442. The second-order valence-electron chi connectivity index (χ2n) is 2.68. The van der Waals surface area contributed by atoms with E-state index >= 15 is 0 Å². The Labute approximate surface area is 84.7 Å². The monoisotopic (exact) mass is 237 g/mol. The summed E-state index contributed by atoms with van der Waals surface area (Å²) < 4.78 is 6.17. The standard InChI is InChI=1S/C10H8BrNO/c1-13-7-2-3-10-8(6-7)9(11)4-5-12-10/h2-6H,1H3. The fourth-order valence-electron chi connectivity index (χ4n) is 1.22. The highest BCUT2D eigenvalue weighted by molar-refractivity contribution is 9.10. The zero-order chi connectivity index (χ0) is 9.26. The highest BCUT2D eigenvalue weighted by Crippen LogP contribution is 2.25. The number of fused-ring (bicyclic) bond motifs is 1. The van der Waals surface area contributed by atoms with Crippen LogP contribution < -0.4 is 4.74 Å². The number of nitrogens with zero attached hydrogens (tertiary/aromatic N) is 1. The molecule has 1 heterocycles. The van der Waals surface area contributed by atoms with Crippen LogP contribution in [-0.4, -0.2) is 12.1 Å². The molecule has 2 rings (SSSR count). The molecule has 66 valence electrons. The lowest BCUT2D eigenvalue weighted by molar-refractivity contribution is 0.415. The van der Waals surface area contributed by atoms with E-state index in [1.165, 1.54) is 0 Å². The van der Waals surface area contributed by atoms with Crippen molar-refractivity contribution >= 4 is 26.8 Å². The molecule has 0 saturated heterocycles. The van der Waals surface area contributed by atoms with E-state index in [-0.39, 0.29) is 0 Å². The van der Waals surface area contributed by atoms with Gasteiger partial charge < -0.3 is 4.74 Å². The van der Waals surface area contributed by atoms with Crippen molar-refractivity contribution in [2.75, 3.05) is 7.11 Å². The first kappa shape index (κ1) is 8.51. The molecular formula is C10H8BrNO. The van der Waals surface area contributed by atoms with Crippen LogP contribution in [0.5, 0.6) is 5.75 Å². The molecule has 0 amide bonds. The van der Waals surface area contributed by atoms with Gasteiger partial charge in [0.05, 0.1) is 12.6 Å². The third-order valence-electron chi connectivity index (χ3n) is 1.90. The first-order chi connectivity index (χ1) is 6.31. The Kier molecular flexibility index (Phi) is 2.19. The van der Waals surface area contributed by atoms with E-state index in [1.807, 2.05) is 24.3 Å². The predicted octanol–water partition coefficient (Wildman–Crippen LogP) is 3.01. The van der Waals surface area contributed by atoms with Crippen molar-refractivity contribution < 1.29 is 4.74 Å². The van der Waals surface area contributed by atoms with Crippen molar-refractivity contribution in [3.05, 3.63) is 34.9 Å². The quantitative estimate of drug-likeness (QED) is 0.761. The average Bonchev–Trinajstić information content (AvgIpc) is 2.18. The van der Waals surface area contributed by atoms with Crippen LogP contribution in [0.2, 0.25) is 0 Å². The molecule has 0 N–H and O–H groups in total.